The molecule has 1 fully saturated rings. The Morgan fingerprint density at radius 1 is 1.30 bits per heavy atom. The first-order valence-electron chi connectivity index (χ1n) is 7.89. The Bertz CT molecular complexity index is 626. The van der Waals surface area contributed by atoms with Crippen LogP contribution in [0.2, 0.25) is 0 Å². The highest BCUT2D eigenvalue weighted by atomic mass is 32.2. The van der Waals surface area contributed by atoms with Gasteiger partial charge in [-0.15, -0.1) is 10.2 Å². The van der Waals surface area contributed by atoms with E-state index in [-0.39, 0.29) is 5.82 Å². The Balaban J connectivity index is 1.80. The zero-order valence-electron chi connectivity index (χ0n) is 12.9. The monoisotopic (exact) mass is 336 g/mol. The van der Waals surface area contributed by atoms with Crippen molar-refractivity contribution in [2.45, 2.75) is 24.4 Å². The summed E-state index contributed by atoms with van der Waals surface area (Å²) in [6.45, 7) is 2.18. The fourth-order valence-electron chi connectivity index (χ4n) is 2.67. The summed E-state index contributed by atoms with van der Waals surface area (Å²) >= 11 is 1.67. The van der Waals surface area contributed by atoms with Gasteiger partial charge in [0, 0.05) is 24.5 Å². The summed E-state index contributed by atoms with van der Waals surface area (Å²) in [5.74, 6) is 2.05. The van der Waals surface area contributed by atoms with E-state index in [2.05, 4.69) is 10.2 Å². The Kier molecular flexibility index (Phi) is 5.64. The number of rotatable bonds is 6. The minimum atomic E-state index is -0.254. The van der Waals surface area contributed by atoms with Crippen molar-refractivity contribution in [3.63, 3.8) is 0 Å². The molecule has 1 atom stereocenters. The fourth-order valence-corrected chi connectivity index (χ4v) is 3.75. The molecule has 0 bridgehead atoms. The number of halogens is 1. The van der Waals surface area contributed by atoms with Gasteiger partial charge in [-0.2, -0.15) is 0 Å². The second-order valence-corrected chi connectivity index (χ2v) is 6.63. The lowest BCUT2D eigenvalue weighted by molar-refractivity contribution is 0.0632. The van der Waals surface area contributed by atoms with E-state index in [9.17, 15) is 4.39 Å². The first-order chi connectivity index (χ1) is 11.3. The molecule has 1 aliphatic heterocycles. The molecule has 2 N–H and O–H groups in total. The molecule has 0 unspecified atom stereocenters. The molecule has 0 amide bonds. The number of benzene rings is 1. The number of hydrogen-bond donors (Lipinski definition) is 1. The molecule has 3 rings (SSSR count). The van der Waals surface area contributed by atoms with E-state index in [1.807, 2.05) is 4.57 Å². The first-order valence-corrected chi connectivity index (χ1v) is 8.87. The van der Waals surface area contributed by atoms with Gasteiger partial charge >= 0.3 is 0 Å². The van der Waals surface area contributed by atoms with Crippen LogP contribution in [0.5, 0.6) is 0 Å². The van der Waals surface area contributed by atoms with Gasteiger partial charge in [-0.3, -0.25) is 4.57 Å². The smallest absolute Gasteiger partial charge is 0.195 e. The number of ether oxygens (including phenoxy) is 1. The fraction of sp³-hybridized carbons (Fsp3) is 0.500. The molecule has 2 heterocycles. The molecule has 1 aliphatic rings. The molecule has 1 saturated heterocycles. The quantitative estimate of drug-likeness (QED) is 0.821. The van der Waals surface area contributed by atoms with Gasteiger partial charge in [0.2, 0.25) is 0 Å². The van der Waals surface area contributed by atoms with E-state index < -0.39 is 0 Å². The lowest BCUT2D eigenvalue weighted by Gasteiger charge is -2.21. The van der Waals surface area contributed by atoms with Crippen LogP contribution in [0.3, 0.4) is 0 Å². The van der Waals surface area contributed by atoms with Gasteiger partial charge < -0.3 is 10.5 Å². The van der Waals surface area contributed by atoms with E-state index in [1.54, 1.807) is 23.9 Å². The number of nitrogens with two attached hydrogens (primary N) is 1. The third-order valence-corrected chi connectivity index (χ3v) is 5.02. The molecule has 23 heavy (non-hydrogen) atoms. The summed E-state index contributed by atoms with van der Waals surface area (Å²) in [5.41, 5.74) is 6.53. The van der Waals surface area contributed by atoms with Crippen molar-refractivity contribution in [1.82, 2.24) is 14.8 Å². The second-order valence-electron chi connectivity index (χ2n) is 5.64. The van der Waals surface area contributed by atoms with Crippen LogP contribution >= 0.6 is 11.8 Å². The zero-order valence-corrected chi connectivity index (χ0v) is 13.8. The maximum Gasteiger partial charge on any atom is 0.195 e. The van der Waals surface area contributed by atoms with Crippen molar-refractivity contribution in [1.29, 1.82) is 0 Å². The summed E-state index contributed by atoms with van der Waals surface area (Å²) in [7, 11) is 0. The summed E-state index contributed by atoms with van der Waals surface area (Å²) in [6.07, 6.45) is 2.94. The molecule has 0 spiro atoms. The molecule has 1 aromatic heterocycles. The van der Waals surface area contributed by atoms with Crippen LogP contribution < -0.4 is 5.73 Å². The van der Waals surface area contributed by atoms with Gasteiger partial charge in [0.15, 0.2) is 5.16 Å². The van der Waals surface area contributed by atoms with E-state index in [0.29, 0.717) is 18.9 Å². The number of nitrogens with zero attached hydrogens (tertiary/aromatic N) is 3. The van der Waals surface area contributed by atoms with Crippen LogP contribution in [-0.2, 0) is 11.2 Å². The van der Waals surface area contributed by atoms with E-state index in [4.69, 9.17) is 10.5 Å². The van der Waals surface area contributed by atoms with Crippen LogP contribution in [0.1, 0.15) is 18.7 Å². The van der Waals surface area contributed by atoms with Crippen LogP contribution in [0.25, 0.3) is 5.69 Å². The predicted octanol–water partition coefficient (Wildman–Crippen LogP) is 2.43. The van der Waals surface area contributed by atoms with Crippen LogP contribution in [0.15, 0.2) is 29.4 Å². The maximum absolute atomic E-state index is 13.2. The Hall–Kier alpha value is -1.44. The minimum Gasteiger partial charge on any atom is -0.381 e. The number of thioether (sulfide) groups is 1. The van der Waals surface area contributed by atoms with Gasteiger partial charge in [0.05, 0.1) is 6.61 Å². The lowest BCUT2D eigenvalue weighted by atomic mass is 10.1. The number of aromatic nitrogens is 3. The van der Waals surface area contributed by atoms with Gasteiger partial charge in [0.1, 0.15) is 11.6 Å². The normalized spacial score (nSPS) is 18.3. The maximum atomic E-state index is 13.2. The molecule has 7 heteroatoms. The SMILES string of the molecule is NCCc1nnc(SC[C@@H]2CCCOC2)n1-c1ccc(F)cc1. The lowest BCUT2D eigenvalue weighted by Crippen LogP contribution is -2.19. The Morgan fingerprint density at radius 3 is 2.83 bits per heavy atom. The highest BCUT2D eigenvalue weighted by molar-refractivity contribution is 7.99. The van der Waals surface area contributed by atoms with E-state index >= 15 is 0 Å². The molecule has 5 nitrogen and oxygen atoms in total. The van der Waals surface area contributed by atoms with Crippen molar-refractivity contribution in [2.24, 2.45) is 11.7 Å². The highest BCUT2D eigenvalue weighted by Gasteiger charge is 2.18. The Morgan fingerprint density at radius 2 is 2.13 bits per heavy atom. The molecule has 0 saturated carbocycles. The molecule has 0 aliphatic carbocycles. The standard InChI is InChI=1S/C16H21FN4OS/c17-13-3-5-14(6-4-13)21-15(7-8-18)19-20-16(21)23-11-12-2-1-9-22-10-12/h3-6,12H,1-2,7-11,18H2/t12-/m1/s1. The zero-order chi connectivity index (χ0) is 16.1. The largest absolute Gasteiger partial charge is 0.381 e. The van der Waals surface area contributed by atoms with Gasteiger partial charge in [-0.1, -0.05) is 11.8 Å². The van der Waals surface area contributed by atoms with Crippen molar-refractivity contribution in [3.8, 4) is 5.69 Å². The van der Waals surface area contributed by atoms with E-state index in [0.717, 1.165) is 42.1 Å². The molecule has 124 valence electrons. The van der Waals surface area contributed by atoms with Crippen LogP contribution in [-0.4, -0.2) is 40.3 Å². The minimum absolute atomic E-state index is 0.254. The molecule has 2 aromatic rings. The molecule has 1 aromatic carbocycles. The van der Waals surface area contributed by atoms with Gasteiger partial charge in [-0.25, -0.2) is 4.39 Å². The average Bonchev–Trinajstić information content (AvgIpc) is 2.98. The van der Waals surface area contributed by atoms with Crippen molar-refractivity contribution in [2.75, 3.05) is 25.5 Å². The topological polar surface area (TPSA) is 66.0 Å². The summed E-state index contributed by atoms with van der Waals surface area (Å²) in [6, 6.07) is 6.38. The van der Waals surface area contributed by atoms with Crippen molar-refractivity contribution in [3.05, 3.63) is 35.9 Å². The van der Waals surface area contributed by atoms with Crippen LogP contribution in [0, 0.1) is 11.7 Å². The van der Waals surface area contributed by atoms with Crippen molar-refractivity contribution < 1.29 is 9.13 Å². The first kappa shape index (κ1) is 16.4. The van der Waals surface area contributed by atoms with Crippen molar-refractivity contribution >= 4 is 11.8 Å². The Labute approximate surface area is 139 Å². The second kappa shape index (κ2) is 7.90. The predicted molar refractivity (Wildman–Crippen MR) is 88.3 cm³/mol. The average molecular weight is 336 g/mol. The third kappa shape index (κ3) is 4.10. The van der Waals surface area contributed by atoms with E-state index in [1.165, 1.54) is 18.6 Å². The third-order valence-electron chi connectivity index (χ3n) is 3.86. The summed E-state index contributed by atoms with van der Waals surface area (Å²) in [4.78, 5) is 0. The molecule has 0 radical (unpaired) electrons. The molecular weight excluding hydrogens is 315 g/mol. The van der Waals surface area contributed by atoms with Crippen LogP contribution in [0.4, 0.5) is 4.39 Å². The molecular formula is C16H21FN4OS. The number of hydrogen-bond acceptors (Lipinski definition) is 5. The summed E-state index contributed by atoms with van der Waals surface area (Å²) < 4.78 is 20.7. The van der Waals surface area contributed by atoms with Gasteiger partial charge in [-0.05, 0) is 49.6 Å². The summed E-state index contributed by atoms with van der Waals surface area (Å²) in [5, 5.41) is 9.38. The van der Waals surface area contributed by atoms with Gasteiger partial charge in [0.25, 0.3) is 0 Å². The highest BCUT2D eigenvalue weighted by Crippen LogP contribution is 2.27.